The van der Waals surface area contributed by atoms with Crippen molar-refractivity contribution in [2.24, 2.45) is 38.7 Å². The van der Waals surface area contributed by atoms with E-state index in [1.54, 1.807) is 30.5 Å². The number of aromatic nitrogens is 3. The summed E-state index contributed by atoms with van der Waals surface area (Å²) >= 11 is 0. The van der Waals surface area contributed by atoms with Crippen LogP contribution in [0.3, 0.4) is 0 Å². The average molecular weight is 1360 g/mol. The Bertz CT molecular complexity index is 3550. The molecule has 32 nitrogen and oxygen atoms in total. The highest BCUT2D eigenvalue weighted by Crippen LogP contribution is 2.25. The minimum Gasteiger partial charge on any atom is -0.508 e. The number of halogens is 1. The van der Waals surface area contributed by atoms with Crippen LogP contribution in [-0.4, -0.2) is 181 Å². The molecule has 3 aromatic carbocycles. The molecule has 0 radical (unpaired) electrons. The van der Waals surface area contributed by atoms with Crippen molar-refractivity contribution in [2.45, 2.75) is 126 Å². The number of hydrogen-bond acceptors (Lipinski definition) is 17. The summed E-state index contributed by atoms with van der Waals surface area (Å²) in [5.41, 5.74) is 30.5. The Morgan fingerprint density at radius 2 is 1.21 bits per heavy atom. The first-order chi connectivity index (χ1) is 45.3. The topological polar surface area (TPSA) is 536 Å². The van der Waals surface area contributed by atoms with Crippen molar-refractivity contribution in [3.63, 3.8) is 0 Å². The molecule has 1 aliphatic rings. The number of nitrogens with one attached hydrogen (secondary N) is 11. The number of aromatic hydroxyl groups is 1. The first kappa shape index (κ1) is 73.6. The van der Waals surface area contributed by atoms with Gasteiger partial charge in [-0.15, -0.1) is 0 Å². The SMILES string of the molecule is CC(=O)NC(Cc1ccc(O)cc1)C(=O)NC(CCCN=C(N)N)C(=O)NC1CSSCC(C(N)=O)NC(=O)C(Cc2c[nH]c3ccccc23)NC(=O)C(CCCN=C(N)N)NC(=O)C(Cc2ccc(F)cc2)NC(=O)C(Cc2cnc[nH]2)NC(=O)C(CCC(=O)O)NC1=O. The first-order valence-electron chi connectivity index (χ1n) is 29.9. The molecule has 5 aromatic rings. The molecule has 1 aliphatic heterocycles. The fourth-order valence-corrected chi connectivity index (χ4v) is 12.2. The van der Waals surface area contributed by atoms with E-state index in [0.717, 1.165) is 33.7 Å². The van der Waals surface area contributed by atoms with Crippen molar-refractivity contribution in [1.82, 2.24) is 62.8 Å². The number of nitrogens with two attached hydrogens (primary N) is 5. The van der Waals surface area contributed by atoms with Gasteiger partial charge in [0.2, 0.25) is 59.1 Å². The van der Waals surface area contributed by atoms with E-state index in [0.29, 0.717) is 27.6 Å². The monoisotopic (exact) mass is 1360 g/mol. The van der Waals surface area contributed by atoms with Crippen LogP contribution < -0.4 is 76.5 Å². The van der Waals surface area contributed by atoms with Gasteiger partial charge in [0.05, 0.1) is 6.33 Å². The Morgan fingerprint density at radius 3 is 1.83 bits per heavy atom. The molecule has 10 amide bonds. The van der Waals surface area contributed by atoms with Gasteiger partial charge in [-0.2, -0.15) is 0 Å². The molecule has 9 atom stereocenters. The van der Waals surface area contributed by atoms with Crippen molar-refractivity contribution in [3.05, 3.63) is 120 Å². The zero-order valence-electron chi connectivity index (χ0n) is 51.6. The van der Waals surface area contributed by atoms with Gasteiger partial charge in [-0.1, -0.05) is 64.1 Å². The van der Waals surface area contributed by atoms with Crippen LogP contribution >= 0.6 is 21.6 Å². The summed E-state index contributed by atoms with van der Waals surface area (Å²) in [4.78, 5) is 173. The number of nitrogens with zero attached hydrogens (tertiary/aromatic N) is 3. The number of benzene rings is 3. The number of amides is 10. The summed E-state index contributed by atoms with van der Waals surface area (Å²) in [6.45, 7) is 1.09. The Kier molecular flexibility index (Phi) is 28.4. The number of phenols is 1. The minimum absolute atomic E-state index is 0.0329. The molecule has 0 spiro atoms. The third kappa shape index (κ3) is 24.5. The zero-order chi connectivity index (χ0) is 69.1. The number of para-hydroxylation sites is 1. The van der Waals surface area contributed by atoms with Gasteiger partial charge >= 0.3 is 5.97 Å². The van der Waals surface area contributed by atoms with Crippen LogP contribution in [0.25, 0.3) is 10.9 Å². The van der Waals surface area contributed by atoms with Crippen molar-refractivity contribution in [1.29, 1.82) is 0 Å². The van der Waals surface area contributed by atoms with Crippen LogP contribution in [0.1, 0.15) is 67.8 Å². The lowest BCUT2D eigenvalue weighted by Gasteiger charge is -2.28. The highest BCUT2D eigenvalue weighted by Gasteiger charge is 2.37. The molecule has 23 N–H and O–H groups in total. The fourth-order valence-electron chi connectivity index (χ4n) is 9.81. The molecule has 2 aromatic heterocycles. The lowest BCUT2D eigenvalue weighted by molar-refractivity contribution is -0.138. The Hall–Kier alpha value is -10.4. The summed E-state index contributed by atoms with van der Waals surface area (Å²) in [5.74, 6) is -13.0. The lowest BCUT2D eigenvalue weighted by atomic mass is 10.0. The molecule has 6 rings (SSSR count). The van der Waals surface area contributed by atoms with Crippen LogP contribution in [-0.2, 0) is 78.4 Å². The second kappa shape index (κ2) is 36.7. The second-order valence-corrected chi connectivity index (χ2v) is 24.6. The summed E-state index contributed by atoms with van der Waals surface area (Å²) in [6, 6.07) is 3.62. The molecular weight excluding hydrogens is 1280 g/mol. The number of carbonyl (C=O) groups excluding carboxylic acids is 10. The van der Waals surface area contributed by atoms with E-state index >= 15 is 0 Å². The van der Waals surface area contributed by atoms with Gasteiger partial charge in [-0.25, -0.2) is 9.37 Å². The van der Waals surface area contributed by atoms with E-state index < -0.39 is 144 Å². The smallest absolute Gasteiger partial charge is 0.303 e. The third-order valence-corrected chi connectivity index (χ3v) is 17.1. The number of aliphatic carboxylic acids is 1. The molecule has 35 heteroatoms. The van der Waals surface area contributed by atoms with Crippen molar-refractivity contribution < 1.29 is 67.3 Å². The number of fused-ring (bicyclic) bond motifs is 1. The van der Waals surface area contributed by atoms with Gasteiger partial charge in [-0.05, 0) is 79.1 Å². The summed E-state index contributed by atoms with van der Waals surface area (Å²) in [6.07, 6.45) is 1.56. The lowest BCUT2D eigenvalue weighted by Crippen LogP contribution is -2.61. The molecule has 0 saturated carbocycles. The van der Waals surface area contributed by atoms with E-state index in [1.807, 2.05) is 0 Å². The molecular formula is C60H78FN19O13S2. The Morgan fingerprint density at radius 1 is 0.642 bits per heavy atom. The van der Waals surface area contributed by atoms with Crippen LogP contribution in [0.5, 0.6) is 5.75 Å². The molecule has 3 heterocycles. The maximum atomic E-state index is 14.9. The minimum atomic E-state index is -1.80. The molecule has 1 saturated heterocycles. The van der Waals surface area contributed by atoms with E-state index in [-0.39, 0.29) is 93.6 Å². The largest absolute Gasteiger partial charge is 0.508 e. The standard InChI is InChI=1S/C60H78FN19O13S2/c1-31(81)72-43(22-33-12-16-37(82)17-13-33)54(89)73-41(9-5-21-69-60(65)66)52(87)80-48-29-95-94-28-47(50(62)85)79-56(91)45(24-34-26-70-39-7-3-2-6-38(34)39)77-51(86)40(8-4-20-68-59(63)64)74-55(90)44(23-32-10-14-35(61)15-11-32)76-57(92)46(25-36-27-67-30-71-36)78-53(88)42(75-58(48)93)18-19-49(83)84/h2-3,6-7,10-17,26-27,30,40-48,70,82H,4-5,8-9,18-25,28-29H2,1H3,(H2,62,85)(H,67,71)(H,72,81)(H,73,89)(H,74,90)(H,75,93)(H,76,92)(H,77,86)(H,78,88)(H,79,91)(H,80,87)(H,83,84)(H4,63,64,68)(H4,65,66,69). The Balaban J connectivity index is 1.43. The molecule has 0 aliphatic carbocycles. The predicted molar refractivity (Wildman–Crippen MR) is 350 cm³/mol. The first-order valence-corrected chi connectivity index (χ1v) is 32.4. The van der Waals surface area contributed by atoms with E-state index in [2.05, 4.69) is 72.8 Å². The molecule has 95 heavy (non-hydrogen) atoms. The second-order valence-electron chi connectivity index (χ2n) is 22.1. The molecule has 0 bridgehead atoms. The van der Waals surface area contributed by atoms with Gasteiger partial charge in [0.25, 0.3) is 0 Å². The number of aliphatic imine (C=N–C) groups is 2. The maximum Gasteiger partial charge on any atom is 0.303 e. The highest BCUT2D eigenvalue weighted by atomic mass is 33.1. The van der Waals surface area contributed by atoms with E-state index in [9.17, 15) is 67.3 Å². The summed E-state index contributed by atoms with van der Waals surface area (Å²) in [5, 5.41) is 43.9. The zero-order valence-corrected chi connectivity index (χ0v) is 53.2. The van der Waals surface area contributed by atoms with Crippen molar-refractivity contribution >= 4 is 109 Å². The number of guanidine groups is 2. The molecule has 9 unspecified atom stereocenters. The van der Waals surface area contributed by atoms with Gasteiger partial charge < -0.3 is 96.7 Å². The van der Waals surface area contributed by atoms with Crippen molar-refractivity contribution in [3.8, 4) is 5.75 Å². The predicted octanol–water partition coefficient (Wildman–Crippen LogP) is -2.76. The highest BCUT2D eigenvalue weighted by molar-refractivity contribution is 8.76. The number of rotatable bonds is 25. The Labute approximate surface area is 551 Å². The quantitative estimate of drug-likeness (QED) is 0.0122. The van der Waals surface area contributed by atoms with Gasteiger partial charge in [0.15, 0.2) is 11.9 Å². The summed E-state index contributed by atoms with van der Waals surface area (Å²) < 4.78 is 14.3. The molecule has 1 fully saturated rings. The van der Waals surface area contributed by atoms with Crippen LogP contribution in [0.2, 0.25) is 0 Å². The summed E-state index contributed by atoms with van der Waals surface area (Å²) in [7, 11) is 1.74. The number of H-pyrrole nitrogens is 2. The van der Waals surface area contributed by atoms with Gasteiger partial charge in [-0.3, -0.25) is 62.7 Å². The van der Waals surface area contributed by atoms with Gasteiger partial charge in [0, 0.05) is 92.6 Å². The number of carboxylic acid groups (broad SMARTS) is 1. The van der Waals surface area contributed by atoms with Crippen LogP contribution in [0.4, 0.5) is 4.39 Å². The normalized spacial score (nSPS) is 20.1. The number of carboxylic acids is 1. The third-order valence-electron chi connectivity index (χ3n) is 14.7. The number of carbonyl (C=O) groups is 11. The molecule has 510 valence electrons. The number of primary amides is 1. The number of phenolic OH excluding ortho intramolecular Hbond substituents is 1. The van der Waals surface area contributed by atoms with Crippen molar-refractivity contribution in [2.75, 3.05) is 24.6 Å². The number of hydrogen-bond donors (Lipinski definition) is 18. The maximum absolute atomic E-state index is 14.9. The number of imidazole rings is 1. The van der Waals surface area contributed by atoms with Crippen LogP contribution in [0.15, 0.2) is 102 Å². The fraction of sp³-hybridized carbons (Fsp3) is 0.400. The van der Waals surface area contributed by atoms with E-state index in [4.69, 9.17) is 28.7 Å². The number of aromatic amines is 2. The van der Waals surface area contributed by atoms with E-state index in [1.165, 1.54) is 55.8 Å². The average Bonchev–Trinajstić information content (AvgIpc) is 1.82. The van der Waals surface area contributed by atoms with Gasteiger partial charge in [0.1, 0.15) is 65.9 Å². The van der Waals surface area contributed by atoms with Crippen LogP contribution in [0, 0.1) is 5.82 Å².